The molecule has 17 heavy (non-hydrogen) atoms. The molecule has 0 bridgehead atoms. The molecule has 1 aliphatic rings. The van der Waals surface area contributed by atoms with Gasteiger partial charge in [-0.05, 0) is 25.9 Å². The maximum atomic E-state index is 5.58. The van der Waals surface area contributed by atoms with E-state index in [0.717, 1.165) is 59.0 Å². The van der Waals surface area contributed by atoms with E-state index in [0.29, 0.717) is 6.10 Å². The largest absolute Gasteiger partial charge is 0.377 e. The van der Waals surface area contributed by atoms with Crippen molar-refractivity contribution in [1.82, 2.24) is 10.2 Å². The second-order valence-corrected chi connectivity index (χ2v) is 4.49. The first-order chi connectivity index (χ1) is 8.36. The predicted molar refractivity (Wildman–Crippen MR) is 70.5 cm³/mol. The number of nitrogens with zero attached hydrogens (tertiary/aromatic N) is 1. The fourth-order valence-electron chi connectivity index (χ4n) is 2.04. The lowest BCUT2D eigenvalue weighted by Crippen LogP contribution is -2.33. The smallest absolute Gasteiger partial charge is 0.0809 e. The van der Waals surface area contributed by atoms with Gasteiger partial charge in [-0.25, -0.2) is 0 Å². The first kappa shape index (κ1) is 14.9. The number of likely N-dealkylation sites (N-methyl/N-ethyl adjacent to an activating group) is 1. The molecular formula is C13H28N2O2. The maximum Gasteiger partial charge on any atom is 0.0809 e. The van der Waals surface area contributed by atoms with E-state index in [4.69, 9.17) is 9.47 Å². The Hall–Kier alpha value is -0.160. The molecule has 0 amide bonds. The number of ether oxygens (including phenoxy) is 2. The lowest BCUT2D eigenvalue weighted by molar-refractivity contribution is 0.0183. The SMILES string of the molecule is CCN(CC)CCNCCOCC1CCCO1. The first-order valence-electron chi connectivity index (χ1n) is 6.99. The monoisotopic (exact) mass is 244 g/mol. The molecule has 1 atom stereocenters. The zero-order chi connectivity index (χ0) is 12.3. The van der Waals surface area contributed by atoms with Crippen LogP contribution in [0.25, 0.3) is 0 Å². The van der Waals surface area contributed by atoms with Crippen molar-refractivity contribution in [1.29, 1.82) is 0 Å². The van der Waals surface area contributed by atoms with E-state index < -0.39 is 0 Å². The topological polar surface area (TPSA) is 33.7 Å². The van der Waals surface area contributed by atoms with Crippen molar-refractivity contribution < 1.29 is 9.47 Å². The number of hydrogen-bond acceptors (Lipinski definition) is 4. The molecule has 0 radical (unpaired) electrons. The highest BCUT2D eigenvalue weighted by Gasteiger charge is 2.14. The van der Waals surface area contributed by atoms with Gasteiger partial charge < -0.3 is 19.7 Å². The number of hydrogen-bond donors (Lipinski definition) is 1. The molecule has 1 aliphatic heterocycles. The van der Waals surface area contributed by atoms with Crippen LogP contribution in [0.1, 0.15) is 26.7 Å². The standard InChI is InChI=1S/C13H28N2O2/c1-3-15(4-2)9-7-14-8-11-16-12-13-6-5-10-17-13/h13-14H,3-12H2,1-2H3. The van der Waals surface area contributed by atoms with Crippen molar-refractivity contribution in [2.45, 2.75) is 32.8 Å². The lowest BCUT2D eigenvalue weighted by atomic mass is 10.2. The Bertz CT molecular complexity index is 163. The van der Waals surface area contributed by atoms with Gasteiger partial charge in [0, 0.05) is 26.2 Å². The van der Waals surface area contributed by atoms with Gasteiger partial charge in [0.05, 0.1) is 19.3 Å². The summed E-state index contributed by atoms with van der Waals surface area (Å²) in [6.07, 6.45) is 2.71. The van der Waals surface area contributed by atoms with Crippen LogP contribution in [0.5, 0.6) is 0 Å². The molecule has 4 heteroatoms. The maximum absolute atomic E-state index is 5.58. The Labute approximate surface area is 106 Å². The fraction of sp³-hybridized carbons (Fsp3) is 1.00. The van der Waals surface area contributed by atoms with Crippen molar-refractivity contribution in [3.05, 3.63) is 0 Å². The molecule has 1 heterocycles. The third-order valence-corrected chi connectivity index (χ3v) is 3.25. The highest BCUT2D eigenvalue weighted by molar-refractivity contribution is 4.63. The van der Waals surface area contributed by atoms with Gasteiger partial charge in [-0.2, -0.15) is 0 Å². The van der Waals surface area contributed by atoms with Gasteiger partial charge in [-0.3, -0.25) is 0 Å². The third kappa shape index (κ3) is 6.99. The summed E-state index contributed by atoms with van der Waals surface area (Å²) in [4.78, 5) is 2.42. The van der Waals surface area contributed by atoms with Crippen LogP contribution in [0.2, 0.25) is 0 Å². The summed E-state index contributed by atoms with van der Waals surface area (Å²) in [6, 6.07) is 0. The van der Waals surface area contributed by atoms with Crippen LogP contribution >= 0.6 is 0 Å². The van der Waals surface area contributed by atoms with Gasteiger partial charge in [0.15, 0.2) is 0 Å². The molecule has 1 rings (SSSR count). The molecule has 0 aromatic heterocycles. The minimum Gasteiger partial charge on any atom is -0.377 e. The number of rotatable bonds is 10. The van der Waals surface area contributed by atoms with E-state index in [1.807, 2.05) is 0 Å². The van der Waals surface area contributed by atoms with E-state index in [9.17, 15) is 0 Å². The summed E-state index contributed by atoms with van der Waals surface area (Å²) in [7, 11) is 0. The van der Waals surface area contributed by atoms with E-state index in [1.54, 1.807) is 0 Å². The molecule has 4 nitrogen and oxygen atoms in total. The van der Waals surface area contributed by atoms with E-state index in [1.165, 1.54) is 6.42 Å². The van der Waals surface area contributed by atoms with Crippen molar-refractivity contribution in [2.24, 2.45) is 0 Å². The molecule has 1 N–H and O–H groups in total. The molecular weight excluding hydrogens is 216 g/mol. The normalized spacial score (nSPS) is 20.3. The van der Waals surface area contributed by atoms with Crippen LogP contribution in [0.4, 0.5) is 0 Å². The van der Waals surface area contributed by atoms with Crippen molar-refractivity contribution in [2.75, 3.05) is 52.5 Å². The highest BCUT2D eigenvalue weighted by atomic mass is 16.5. The highest BCUT2D eigenvalue weighted by Crippen LogP contribution is 2.11. The van der Waals surface area contributed by atoms with Crippen molar-refractivity contribution in [3.63, 3.8) is 0 Å². The third-order valence-electron chi connectivity index (χ3n) is 3.25. The molecule has 1 saturated heterocycles. The van der Waals surface area contributed by atoms with Crippen molar-refractivity contribution in [3.8, 4) is 0 Å². The van der Waals surface area contributed by atoms with Crippen LogP contribution in [0.15, 0.2) is 0 Å². The van der Waals surface area contributed by atoms with Gasteiger partial charge >= 0.3 is 0 Å². The lowest BCUT2D eigenvalue weighted by Gasteiger charge is -2.18. The van der Waals surface area contributed by atoms with Crippen LogP contribution in [0, 0.1) is 0 Å². The van der Waals surface area contributed by atoms with Gasteiger partial charge in [-0.1, -0.05) is 13.8 Å². The Morgan fingerprint density at radius 1 is 1.29 bits per heavy atom. The summed E-state index contributed by atoms with van der Waals surface area (Å²) in [5, 5.41) is 3.40. The summed E-state index contributed by atoms with van der Waals surface area (Å²) >= 11 is 0. The van der Waals surface area contributed by atoms with Gasteiger partial charge in [0.2, 0.25) is 0 Å². The summed E-state index contributed by atoms with van der Waals surface area (Å²) in [5.41, 5.74) is 0. The second kappa shape index (κ2) is 9.83. The molecule has 0 aromatic rings. The van der Waals surface area contributed by atoms with E-state index >= 15 is 0 Å². The average molecular weight is 244 g/mol. The Kier molecular flexibility index (Phi) is 8.61. The Balaban J connectivity index is 1.80. The Morgan fingerprint density at radius 3 is 2.76 bits per heavy atom. The zero-order valence-electron chi connectivity index (χ0n) is 11.4. The quantitative estimate of drug-likeness (QED) is 0.584. The van der Waals surface area contributed by atoms with Crippen molar-refractivity contribution >= 4 is 0 Å². The fourth-order valence-corrected chi connectivity index (χ4v) is 2.04. The van der Waals surface area contributed by atoms with Crippen LogP contribution in [0.3, 0.4) is 0 Å². The number of nitrogens with one attached hydrogen (secondary N) is 1. The molecule has 102 valence electrons. The van der Waals surface area contributed by atoms with Crippen LogP contribution in [-0.4, -0.2) is 63.5 Å². The average Bonchev–Trinajstić information content (AvgIpc) is 2.86. The molecule has 0 spiro atoms. The summed E-state index contributed by atoms with van der Waals surface area (Å²) in [5.74, 6) is 0. The molecule has 0 aliphatic carbocycles. The minimum absolute atomic E-state index is 0.352. The molecule has 0 saturated carbocycles. The van der Waals surface area contributed by atoms with E-state index in [-0.39, 0.29) is 0 Å². The Morgan fingerprint density at radius 2 is 2.12 bits per heavy atom. The van der Waals surface area contributed by atoms with E-state index in [2.05, 4.69) is 24.1 Å². The predicted octanol–water partition coefficient (Wildman–Crippen LogP) is 1.11. The first-order valence-corrected chi connectivity index (χ1v) is 6.99. The molecule has 1 fully saturated rings. The summed E-state index contributed by atoms with van der Waals surface area (Å²) < 4.78 is 11.1. The van der Waals surface area contributed by atoms with Crippen LogP contribution < -0.4 is 5.32 Å². The summed E-state index contributed by atoms with van der Waals surface area (Å²) in [6.45, 7) is 12.2. The molecule has 0 aromatic carbocycles. The molecule has 1 unspecified atom stereocenters. The van der Waals surface area contributed by atoms with Crippen LogP contribution in [-0.2, 0) is 9.47 Å². The zero-order valence-corrected chi connectivity index (χ0v) is 11.4. The van der Waals surface area contributed by atoms with Gasteiger partial charge in [0.1, 0.15) is 0 Å². The van der Waals surface area contributed by atoms with Gasteiger partial charge in [0.25, 0.3) is 0 Å². The minimum atomic E-state index is 0.352. The second-order valence-electron chi connectivity index (χ2n) is 4.49. The van der Waals surface area contributed by atoms with Gasteiger partial charge in [-0.15, -0.1) is 0 Å².